The Hall–Kier alpha value is -2.20. The van der Waals surface area contributed by atoms with Crippen LogP contribution in [0.4, 0.5) is 0 Å². The van der Waals surface area contributed by atoms with Gasteiger partial charge in [0, 0.05) is 23.7 Å². The molecule has 0 saturated heterocycles. The summed E-state index contributed by atoms with van der Waals surface area (Å²) in [5.74, 6) is 0.872. The Morgan fingerprint density at radius 1 is 1.19 bits per heavy atom. The number of aryl methyl sites for hydroxylation is 1. The second-order valence-corrected chi connectivity index (χ2v) is 5.63. The molecule has 3 aromatic rings. The van der Waals surface area contributed by atoms with Crippen LogP contribution in [-0.4, -0.2) is 20.8 Å². The van der Waals surface area contributed by atoms with Crippen LogP contribution in [0.15, 0.2) is 42.6 Å². The third-order valence-electron chi connectivity index (χ3n) is 3.41. The van der Waals surface area contributed by atoms with E-state index in [-0.39, 0.29) is 0 Å². The molecule has 0 radical (unpaired) electrons. The highest BCUT2D eigenvalue weighted by Gasteiger charge is 2.07. The number of hydrogen-bond donors (Lipinski definition) is 1. The highest BCUT2D eigenvalue weighted by molar-refractivity contribution is 5.79. The topological polar surface area (TPSA) is 42.7 Å². The fraction of sp³-hybridized carbons (Fsp3) is 0.294. The van der Waals surface area contributed by atoms with Crippen LogP contribution >= 0.6 is 0 Å². The van der Waals surface area contributed by atoms with Crippen LogP contribution in [0.5, 0.6) is 0 Å². The largest absolute Gasteiger partial charge is 0.310 e. The molecule has 1 N–H and O–H groups in total. The lowest BCUT2D eigenvalue weighted by Gasteiger charge is -2.11. The minimum Gasteiger partial charge on any atom is -0.310 e. The van der Waals surface area contributed by atoms with Crippen LogP contribution < -0.4 is 5.32 Å². The number of fused-ring (bicyclic) bond motifs is 1. The molecule has 0 fully saturated rings. The quantitative estimate of drug-likeness (QED) is 0.798. The molecule has 0 saturated carbocycles. The average molecular weight is 280 g/mol. The lowest BCUT2D eigenvalue weighted by atomic mass is 10.2. The van der Waals surface area contributed by atoms with Gasteiger partial charge in [-0.25, -0.2) is 9.67 Å². The molecule has 2 aromatic heterocycles. The first-order valence-electron chi connectivity index (χ1n) is 7.27. The van der Waals surface area contributed by atoms with Gasteiger partial charge >= 0.3 is 0 Å². The minimum atomic E-state index is 0.465. The van der Waals surface area contributed by atoms with E-state index < -0.39 is 0 Å². The molecule has 2 heterocycles. The molecule has 4 heteroatoms. The molecular formula is C17H20N4. The molecule has 4 nitrogen and oxygen atoms in total. The second-order valence-electron chi connectivity index (χ2n) is 5.63. The number of nitrogens with one attached hydrogen (secondary N) is 1. The van der Waals surface area contributed by atoms with E-state index in [2.05, 4.69) is 53.5 Å². The van der Waals surface area contributed by atoms with Gasteiger partial charge in [-0.05, 0) is 30.7 Å². The van der Waals surface area contributed by atoms with E-state index in [1.165, 1.54) is 5.56 Å². The van der Waals surface area contributed by atoms with Crippen molar-refractivity contribution < 1.29 is 0 Å². The molecule has 0 aliphatic rings. The number of hydrogen-bond acceptors (Lipinski definition) is 3. The van der Waals surface area contributed by atoms with Gasteiger partial charge in [0.05, 0.1) is 11.7 Å². The monoisotopic (exact) mass is 280 g/mol. The van der Waals surface area contributed by atoms with Crippen LogP contribution in [0.25, 0.3) is 16.7 Å². The molecule has 0 aliphatic carbocycles. The van der Waals surface area contributed by atoms with Crippen LogP contribution in [0.1, 0.15) is 25.1 Å². The zero-order valence-electron chi connectivity index (χ0n) is 12.7. The van der Waals surface area contributed by atoms with Crippen molar-refractivity contribution in [3.63, 3.8) is 0 Å². The van der Waals surface area contributed by atoms with Crippen molar-refractivity contribution in [2.75, 3.05) is 0 Å². The van der Waals surface area contributed by atoms with Crippen molar-refractivity contribution in [2.45, 2.75) is 33.4 Å². The molecule has 3 rings (SSSR count). The normalized spacial score (nSPS) is 11.4. The minimum absolute atomic E-state index is 0.465. The van der Waals surface area contributed by atoms with Gasteiger partial charge < -0.3 is 5.32 Å². The Bertz CT molecular complexity index is 758. The predicted molar refractivity (Wildman–Crippen MR) is 85.6 cm³/mol. The highest BCUT2D eigenvalue weighted by atomic mass is 15.3. The van der Waals surface area contributed by atoms with Crippen LogP contribution in [0.3, 0.4) is 0 Å². The summed E-state index contributed by atoms with van der Waals surface area (Å²) in [5, 5.41) is 9.05. The summed E-state index contributed by atoms with van der Waals surface area (Å²) in [6.07, 6.45) is 1.88. The van der Waals surface area contributed by atoms with Crippen molar-refractivity contribution in [2.24, 2.45) is 0 Å². The third kappa shape index (κ3) is 2.95. The van der Waals surface area contributed by atoms with Gasteiger partial charge in [-0.1, -0.05) is 32.0 Å². The Morgan fingerprint density at radius 3 is 2.81 bits per heavy atom. The van der Waals surface area contributed by atoms with Crippen LogP contribution in [0.2, 0.25) is 0 Å². The van der Waals surface area contributed by atoms with Crippen LogP contribution in [-0.2, 0) is 6.54 Å². The molecule has 0 aliphatic heterocycles. The Labute approximate surface area is 124 Å². The van der Waals surface area contributed by atoms with E-state index >= 15 is 0 Å². The van der Waals surface area contributed by atoms with Gasteiger partial charge in [-0.15, -0.1) is 0 Å². The number of benzene rings is 1. The van der Waals surface area contributed by atoms with Gasteiger partial charge in [-0.2, -0.15) is 5.10 Å². The zero-order chi connectivity index (χ0) is 14.8. The number of para-hydroxylation sites is 1. The summed E-state index contributed by atoms with van der Waals surface area (Å²) in [5.41, 5.74) is 3.32. The fourth-order valence-corrected chi connectivity index (χ4v) is 2.41. The summed E-state index contributed by atoms with van der Waals surface area (Å²) in [6.45, 7) is 7.16. The van der Waals surface area contributed by atoms with Gasteiger partial charge in [0.2, 0.25) is 0 Å². The number of rotatable bonds is 4. The smallest absolute Gasteiger partial charge is 0.154 e. The molecule has 0 atom stereocenters. The summed E-state index contributed by atoms with van der Waals surface area (Å²) in [7, 11) is 0. The van der Waals surface area contributed by atoms with Crippen molar-refractivity contribution in [1.29, 1.82) is 0 Å². The maximum absolute atomic E-state index is 4.63. The number of aromatic nitrogens is 3. The summed E-state index contributed by atoms with van der Waals surface area (Å²) in [6, 6.07) is 12.9. The Kier molecular flexibility index (Phi) is 3.71. The fourth-order valence-electron chi connectivity index (χ4n) is 2.41. The van der Waals surface area contributed by atoms with Crippen molar-refractivity contribution in [1.82, 2.24) is 20.1 Å². The third-order valence-corrected chi connectivity index (χ3v) is 3.41. The molecule has 0 spiro atoms. The van der Waals surface area contributed by atoms with E-state index in [0.29, 0.717) is 6.04 Å². The lowest BCUT2D eigenvalue weighted by molar-refractivity contribution is 0.588. The SMILES string of the molecule is Cc1cc(CNC(C)C)cc(-n2ncc3ccccc32)n1. The van der Waals surface area contributed by atoms with Gasteiger partial charge in [0.25, 0.3) is 0 Å². The first kappa shape index (κ1) is 13.8. The second kappa shape index (κ2) is 5.66. The first-order chi connectivity index (χ1) is 10.1. The summed E-state index contributed by atoms with van der Waals surface area (Å²) in [4.78, 5) is 4.63. The first-order valence-corrected chi connectivity index (χ1v) is 7.27. The van der Waals surface area contributed by atoms with Crippen molar-refractivity contribution in [3.8, 4) is 5.82 Å². The maximum Gasteiger partial charge on any atom is 0.154 e. The van der Waals surface area contributed by atoms with Crippen molar-refractivity contribution >= 4 is 10.9 Å². The van der Waals surface area contributed by atoms with Gasteiger partial charge in [-0.3, -0.25) is 0 Å². The highest BCUT2D eigenvalue weighted by Crippen LogP contribution is 2.18. The average Bonchev–Trinajstić information content (AvgIpc) is 2.88. The molecule has 0 amide bonds. The summed E-state index contributed by atoms with van der Waals surface area (Å²) >= 11 is 0. The molecule has 108 valence electrons. The molecule has 1 aromatic carbocycles. The zero-order valence-corrected chi connectivity index (χ0v) is 12.7. The standard InChI is InChI=1S/C17H20N4/c1-12(2)18-10-14-8-13(3)20-17(9-14)21-16-7-5-4-6-15(16)11-19-21/h4-9,11-12,18H,10H2,1-3H3. The maximum atomic E-state index is 4.63. The van der Waals surface area contributed by atoms with E-state index in [0.717, 1.165) is 29.0 Å². The molecule has 0 bridgehead atoms. The van der Waals surface area contributed by atoms with Crippen molar-refractivity contribution in [3.05, 3.63) is 53.9 Å². The van der Waals surface area contributed by atoms with Crippen LogP contribution in [0, 0.1) is 6.92 Å². The Morgan fingerprint density at radius 2 is 2.00 bits per heavy atom. The van der Waals surface area contributed by atoms with Gasteiger partial charge in [0.1, 0.15) is 0 Å². The van der Waals surface area contributed by atoms with E-state index in [1.54, 1.807) is 0 Å². The van der Waals surface area contributed by atoms with E-state index in [1.807, 2.05) is 29.9 Å². The molecule has 0 unspecified atom stereocenters. The summed E-state index contributed by atoms with van der Waals surface area (Å²) < 4.78 is 1.90. The molecule has 21 heavy (non-hydrogen) atoms. The number of pyridine rings is 1. The number of nitrogens with zero attached hydrogens (tertiary/aromatic N) is 3. The van der Waals surface area contributed by atoms with E-state index in [4.69, 9.17) is 0 Å². The lowest BCUT2D eigenvalue weighted by Crippen LogP contribution is -2.22. The predicted octanol–water partition coefficient (Wildman–Crippen LogP) is 3.23. The Balaban J connectivity index is 2.01. The van der Waals surface area contributed by atoms with E-state index in [9.17, 15) is 0 Å². The van der Waals surface area contributed by atoms with Gasteiger partial charge in [0.15, 0.2) is 5.82 Å². The molecular weight excluding hydrogens is 260 g/mol.